The van der Waals surface area contributed by atoms with E-state index in [1.807, 2.05) is 49.6 Å². The number of nitrogens with zero attached hydrogens (tertiary/aromatic N) is 3. The number of carbonyl (C=O) groups excluding carboxylic acids is 1. The van der Waals surface area contributed by atoms with Crippen molar-refractivity contribution in [3.8, 4) is 5.75 Å². The maximum absolute atomic E-state index is 13.1. The zero-order valence-electron chi connectivity index (χ0n) is 18.1. The molecule has 1 N–H and O–H groups in total. The Balaban J connectivity index is 1.65. The second-order valence-electron chi connectivity index (χ2n) is 7.41. The smallest absolute Gasteiger partial charge is 0.234 e. The summed E-state index contributed by atoms with van der Waals surface area (Å²) in [7, 11) is 0. The third-order valence-corrected chi connectivity index (χ3v) is 5.62. The van der Waals surface area contributed by atoms with Gasteiger partial charge in [-0.2, -0.15) is 0 Å². The molecule has 0 spiro atoms. The van der Waals surface area contributed by atoms with Crippen molar-refractivity contribution in [2.24, 2.45) is 0 Å². The highest BCUT2D eigenvalue weighted by Crippen LogP contribution is 2.27. The zero-order chi connectivity index (χ0) is 22.4. The first-order chi connectivity index (χ1) is 14.9. The summed E-state index contributed by atoms with van der Waals surface area (Å²) in [5.74, 6) is 0.994. The highest BCUT2D eigenvalue weighted by molar-refractivity contribution is 7.99. The molecule has 1 amide bonds. The van der Waals surface area contributed by atoms with E-state index in [2.05, 4.69) is 22.4 Å². The molecule has 1 aromatic heterocycles. The van der Waals surface area contributed by atoms with Crippen LogP contribution in [0.3, 0.4) is 0 Å². The third kappa shape index (κ3) is 6.07. The zero-order valence-corrected chi connectivity index (χ0v) is 18.9. The average molecular weight is 443 g/mol. The van der Waals surface area contributed by atoms with Crippen molar-refractivity contribution in [2.45, 2.75) is 51.4 Å². The molecule has 164 valence electrons. The van der Waals surface area contributed by atoms with E-state index in [4.69, 9.17) is 4.74 Å². The molecular weight excluding hydrogens is 415 g/mol. The number of rotatable bonds is 9. The van der Waals surface area contributed by atoms with E-state index >= 15 is 0 Å². The van der Waals surface area contributed by atoms with Gasteiger partial charge in [-0.05, 0) is 69.2 Å². The summed E-state index contributed by atoms with van der Waals surface area (Å²) in [6.07, 6.45) is 0.571. The molecule has 1 atom stereocenters. The van der Waals surface area contributed by atoms with Crippen molar-refractivity contribution < 1.29 is 13.9 Å². The number of aromatic nitrogens is 3. The Labute approximate surface area is 186 Å². The number of hydrogen-bond donors (Lipinski definition) is 1. The van der Waals surface area contributed by atoms with Crippen LogP contribution in [0.5, 0.6) is 5.75 Å². The molecule has 3 aromatic rings. The van der Waals surface area contributed by atoms with Crippen LogP contribution in [0.4, 0.5) is 10.1 Å². The minimum atomic E-state index is -0.388. The molecule has 0 aliphatic rings. The van der Waals surface area contributed by atoms with Gasteiger partial charge in [0.2, 0.25) is 5.91 Å². The van der Waals surface area contributed by atoms with Gasteiger partial charge in [-0.3, -0.25) is 4.79 Å². The van der Waals surface area contributed by atoms with Gasteiger partial charge in [0.05, 0.1) is 5.75 Å². The van der Waals surface area contributed by atoms with Gasteiger partial charge in [-0.15, -0.1) is 10.2 Å². The normalized spacial score (nSPS) is 12.1. The molecule has 1 unspecified atom stereocenters. The van der Waals surface area contributed by atoms with Gasteiger partial charge < -0.3 is 14.6 Å². The monoisotopic (exact) mass is 442 g/mol. The Kier molecular flexibility index (Phi) is 7.68. The molecule has 1 heterocycles. The minimum Gasteiger partial charge on any atom is -0.483 e. The number of nitrogens with one attached hydrogen (secondary N) is 1. The standard InChI is InChI=1S/C23H27FN4O2S/c1-5-17-6-10-19(11-7-17)25-21(29)14-31-23-27-26-22(28(23)15(2)3)16(4)30-20-12-8-18(24)9-13-20/h6-13,15-16H,5,14H2,1-4H3,(H,25,29). The van der Waals surface area contributed by atoms with Gasteiger partial charge in [0.1, 0.15) is 11.6 Å². The van der Waals surface area contributed by atoms with Crippen LogP contribution in [0, 0.1) is 5.82 Å². The second-order valence-corrected chi connectivity index (χ2v) is 8.35. The van der Waals surface area contributed by atoms with Gasteiger partial charge in [-0.25, -0.2) is 4.39 Å². The number of amides is 1. The fourth-order valence-corrected chi connectivity index (χ4v) is 3.94. The van der Waals surface area contributed by atoms with E-state index in [-0.39, 0.29) is 29.6 Å². The first kappa shape index (κ1) is 22.8. The SMILES string of the molecule is CCc1ccc(NC(=O)CSc2nnc(C(C)Oc3ccc(F)cc3)n2C(C)C)cc1. The van der Waals surface area contributed by atoms with Crippen LogP contribution in [-0.4, -0.2) is 26.4 Å². The Morgan fingerprint density at radius 1 is 1.10 bits per heavy atom. The highest BCUT2D eigenvalue weighted by atomic mass is 32.2. The van der Waals surface area contributed by atoms with E-state index in [9.17, 15) is 9.18 Å². The summed E-state index contributed by atoms with van der Waals surface area (Å²) < 4.78 is 21.0. The molecule has 0 aliphatic carbocycles. The second kappa shape index (κ2) is 10.4. The Morgan fingerprint density at radius 2 is 1.77 bits per heavy atom. The van der Waals surface area contributed by atoms with Gasteiger partial charge in [0.25, 0.3) is 0 Å². The largest absolute Gasteiger partial charge is 0.483 e. The topological polar surface area (TPSA) is 69.0 Å². The molecule has 0 saturated carbocycles. The Morgan fingerprint density at radius 3 is 2.39 bits per heavy atom. The molecule has 0 saturated heterocycles. The summed E-state index contributed by atoms with van der Waals surface area (Å²) in [6, 6.07) is 13.8. The predicted octanol–water partition coefficient (Wildman–Crippen LogP) is 5.43. The van der Waals surface area contributed by atoms with Gasteiger partial charge in [0.15, 0.2) is 17.1 Å². The molecule has 0 radical (unpaired) electrons. The Hall–Kier alpha value is -2.87. The van der Waals surface area contributed by atoms with E-state index in [0.717, 1.165) is 12.1 Å². The highest BCUT2D eigenvalue weighted by Gasteiger charge is 2.22. The number of hydrogen-bond acceptors (Lipinski definition) is 5. The summed E-state index contributed by atoms with van der Waals surface area (Å²) >= 11 is 1.33. The maximum Gasteiger partial charge on any atom is 0.234 e. The van der Waals surface area contributed by atoms with Crippen molar-refractivity contribution in [1.29, 1.82) is 0 Å². The predicted molar refractivity (Wildman–Crippen MR) is 121 cm³/mol. The molecular formula is C23H27FN4O2S. The number of aryl methyl sites for hydroxylation is 1. The molecule has 0 aliphatic heterocycles. The molecule has 0 bridgehead atoms. The van der Waals surface area contributed by atoms with Crippen molar-refractivity contribution >= 4 is 23.4 Å². The van der Waals surface area contributed by atoms with Crippen LogP contribution in [0.2, 0.25) is 0 Å². The lowest BCUT2D eigenvalue weighted by Crippen LogP contribution is -2.16. The van der Waals surface area contributed by atoms with Crippen LogP contribution in [-0.2, 0) is 11.2 Å². The summed E-state index contributed by atoms with van der Waals surface area (Å²) in [6.45, 7) is 8.01. The third-order valence-electron chi connectivity index (χ3n) is 4.68. The summed E-state index contributed by atoms with van der Waals surface area (Å²) in [5, 5.41) is 12.1. The Bertz CT molecular complexity index is 1000. The summed E-state index contributed by atoms with van der Waals surface area (Å²) in [5.41, 5.74) is 2.00. The first-order valence-electron chi connectivity index (χ1n) is 10.3. The van der Waals surface area contributed by atoms with Crippen molar-refractivity contribution in [3.63, 3.8) is 0 Å². The lowest BCUT2D eigenvalue weighted by Gasteiger charge is -2.18. The molecule has 2 aromatic carbocycles. The van der Waals surface area contributed by atoms with E-state index in [1.165, 1.54) is 29.5 Å². The molecule has 0 fully saturated rings. The number of carbonyl (C=O) groups is 1. The summed E-state index contributed by atoms with van der Waals surface area (Å²) in [4.78, 5) is 12.4. The first-order valence-corrected chi connectivity index (χ1v) is 11.2. The van der Waals surface area contributed by atoms with Crippen molar-refractivity contribution in [1.82, 2.24) is 14.8 Å². The minimum absolute atomic E-state index is 0.0800. The van der Waals surface area contributed by atoms with Gasteiger partial charge >= 0.3 is 0 Å². The van der Waals surface area contributed by atoms with Gasteiger partial charge in [-0.1, -0.05) is 30.8 Å². The number of benzene rings is 2. The lowest BCUT2D eigenvalue weighted by molar-refractivity contribution is -0.113. The number of anilines is 1. The number of thioether (sulfide) groups is 1. The molecule has 31 heavy (non-hydrogen) atoms. The average Bonchev–Trinajstić information content (AvgIpc) is 3.19. The maximum atomic E-state index is 13.1. The van der Waals surface area contributed by atoms with E-state index < -0.39 is 0 Å². The van der Waals surface area contributed by atoms with Gasteiger partial charge in [0, 0.05) is 11.7 Å². The molecule has 3 rings (SSSR count). The van der Waals surface area contributed by atoms with Crippen molar-refractivity contribution in [3.05, 3.63) is 65.7 Å². The fraction of sp³-hybridized carbons (Fsp3) is 0.348. The van der Waals surface area contributed by atoms with E-state index in [0.29, 0.717) is 16.7 Å². The van der Waals surface area contributed by atoms with Crippen LogP contribution in [0.15, 0.2) is 53.7 Å². The van der Waals surface area contributed by atoms with E-state index in [1.54, 1.807) is 12.1 Å². The lowest BCUT2D eigenvalue weighted by atomic mass is 10.1. The van der Waals surface area contributed by atoms with Crippen LogP contribution >= 0.6 is 11.8 Å². The molecule has 6 nitrogen and oxygen atoms in total. The number of halogens is 1. The van der Waals surface area contributed by atoms with Crippen molar-refractivity contribution in [2.75, 3.05) is 11.1 Å². The van der Waals surface area contributed by atoms with Crippen LogP contribution in [0.25, 0.3) is 0 Å². The van der Waals surface area contributed by atoms with Crippen LogP contribution < -0.4 is 10.1 Å². The van der Waals surface area contributed by atoms with Crippen LogP contribution in [0.1, 0.15) is 51.2 Å². The fourth-order valence-electron chi connectivity index (χ4n) is 3.07. The number of ether oxygens (including phenoxy) is 1. The molecule has 8 heteroatoms. The quantitative estimate of drug-likeness (QED) is 0.448.